The van der Waals surface area contributed by atoms with Gasteiger partial charge in [0, 0.05) is 25.3 Å². The first-order valence-electron chi connectivity index (χ1n) is 7.40. The molecule has 1 aliphatic carbocycles. The second-order valence-corrected chi connectivity index (χ2v) is 5.57. The molecular formula is C16H25FN2. The van der Waals surface area contributed by atoms with Gasteiger partial charge in [-0.1, -0.05) is 19.8 Å². The predicted octanol–water partition coefficient (Wildman–Crippen LogP) is 3.43. The van der Waals surface area contributed by atoms with Gasteiger partial charge in [-0.05, 0) is 49.6 Å². The fourth-order valence-electron chi connectivity index (χ4n) is 3.11. The van der Waals surface area contributed by atoms with Crippen LogP contribution >= 0.6 is 0 Å². The second-order valence-electron chi connectivity index (χ2n) is 5.57. The highest BCUT2D eigenvalue weighted by molar-refractivity contribution is 5.45. The van der Waals surface area contributed by atoms with Crippen LogP contribution < -0.4 is 10.2 Å². The van der Waals surface area contributed by atoms with E-state index < -0.39 is 0 Å². The van der Waals surface area contributed by atoms with Crippen molar-refractivity contribution in [3.05, 3.63) is 30.1 Å². The molecule has 1 aromatic carbocycles. The monoisotopic (exact) mass is 264 g/mol. The molecule has 1 aliphatic rings. The Kier molecular flexibility index (Phi) is 5.20. The summed E-state index contributed by atoms with van der Waals surface area (Å²) in [5.41, 5.74) is 1.10. The maximum atomic E-state index is 12.9. The minimum Gasteiger partial charge on any atom is -0.374 e. The molecule has 0 saturated heterocycles. The molecule has 2 nitrogen and oxygen atoms in total. The van der Waals surface area contributed by atoms with Crippen molar-refractivity contribution >= 4 is 5.69 Å². The first-order chi connectivity index (χ1) is 9.20. The van der Waals surface area contributed by atoms with Crippen LogP contribution in [0.25, 0.3) is 0 Å². The number of hydrogen-bond acceptors (Lipinski definition) is 2. The summed E-state index contributed by atoms with van der Waals surface area (Å²) in [5, 5.41) is 3.61. The van der Waals surface area contributed by atoms with Crippen molar-refractivity contribution in [1.29, 1.82) is 0 Å². The predicted molar refractivity (Wildman–Crippen MR) is 79.1 cm³/mol. The average Bonchev–Trinajstić information content (AvgIpc) is 2.42. The van der Waals surface area contributed by atoms with E-state index in [2.05, 4.69) is 24.2 Å². The van der Waals surface area contributed by atoms with E-state index in [9.17, 15) is 4.39 Å². The first kappa shape index (κ1) is 14.3. The average molecular weight is 264 g/mol. The van der Waals surface area contributed by atoms with Crippen LogP contribution in [-0.4, -0.2) is 26.2 Å². The van der Waals surface area contributed by atoms with Gasteiger partial charge in [-0.3, -0.25) is 0 Å². The molecule has 0 spiro atoms. The van der Waals surface area contributed by atoms with Gasteiger partial charge in [-0.15, -0.1) is 0 Å². The van der Waals surface area contributed by atoms with Crippen LogP contribution in [-0.2, 0) is 0 Å². The summed E-state index contributed by atoms with van der Waals surface area (Å²) < 4.78 is 12.9. The van der Waals surface area contributed by atoms with E-state index in [0.29, 0.717) is 12.0 Å². The van der Waals surface area contributed by atoms with Crippen LogP contribution in [0.15, 0.2) is 24.3 Å². The SMILES string of the molecule is CCNC1CCCCC1CN(C)c1ccc(F)cc1. The molecule has 0 aromatic heterocycles. The Morgan fingerprint density at radius 2 is 1.89 bits per heavy atom. The summed E-state index contributed by atoms with van der Waals surface area (Å²) in [6, 6.07) is 7.44. The minimum absolute atomic E-state index is 0.166. The maximum absolute atomic E-state index is 12.9. The molecule has 0 aliphatic heterocycles. The number of hydrogen-bond donors (Lipinski definition) is 1. The quantitative estimate of drug-likeness (QED) is 0.876. The smallest absolute Gasteiger partial charge is 0.123 e. The van der Waals surface area contributed by atoms with Gasteiger partial charge in [0.05, 0.1) is 0 Å². The van der Waals surface area contributed by atoms with Crippen LogP contribution in [0.1, 0.15) is 32.6 Å². The van der Waals surface area contributed by atoms with E-state index in [1.807, 2.05) is 12.1 Å². The summed E-state index contributed by atoms with van der Waals surface area (Å²) in [5.74, 6) is 0.532. The number of anilines is 1. The Hall–Kier alpha value is -1.09. The number of rotatable bonds is 5. The van der Waals surface area contributed by atoms with Gasteiger partial charge in [-0.25, -0.2) is 4.39 Å². The summed E-state index contributed by atoms with van der Waals surface area (Å²) in [4.78, 5) is 2.25. The van der Waals surface area contributed by atoms with Crippen molar-refractivity contribution in [3.8, 4) is 0 Å². The molecule has 19 heavy (non-hydrogen) atoms. The van der Waals surface area contributed by atoms with E-state index in [1.54, 1.807) is 0 Å². The van der Waals surface area contributed by atoms with Crippen LogP contribution in [0.2, 0.25) is 0 Å². The van der Waals surface area contributed by atoms with E-state index >= 15 is 0 Å². The van der Waals surface area contributed by atoms with E-state index in [-0.39, 0.29) is 5.82 Å². The van der Waals surface area contributed by atoms with Crippen molar-refractivity contribution < 1.29 is 4.39 Å². The Morgan fingerprint density at radius 1 is 1.21 bits per heavy atom. The van der Waals surface area contributed by atoms with Gasteiger partial charge in [-0.2, -0.15) is 0 Å². The van der Waals surface area contributed by atoms with Gasteiger partial charge >= 0.3 is 0 Å². The second kappa shape index (κ2) is 6.90. The molecule has 106 valence electrons. The molecule has 2 rings (SSSR count). The zero-order chi connectivity index (χ0) is 13.7. The summed E-state index contributed by atoms with van der Waals surface area (Å²) in [6.45, 7) is 4.26. The van der Waals surface area contributed by atoms with Crippen molar-refractivity contribution in [2.45, 2.75) is 38.6 Å². The number of nitrogens with one attached hydrogen (secondary N) is 1. The molecule has 0 bridgehead atoms. The topological polar surface area (TPSA) is 15.3 Å². The zero-order valence-electron chi connectivity index (χ0n) is 12.0. The van der Waals surface area contributed by atoms with Crippen LogP contribution in [0, 0.1) is 11.7 Å². The summed E-state index contributed by atoms with van der Waals surface area (Å²) >= 11 is 0. The van der Waals surface area contributed by atoms with E-state index in [1.165, 1.54) is 37.8 Å². The van der Waals surface area contributed by atoms with Crippen LogP contribution in [0.3, 0.4) is 0 Å². The largest absolute Gasteiger partial charge is 0.374 e. The van der Waals surface area contributed by atoms with Gasteiger partial charge in [0.15, 0.2) is 0 Å². The Bertz CT molecular complexity index is 375. The van der Waals surface area contributed by atoms with Crippen molar-refractivity contribution in [2.24, 2.45) is 5.92 Å². The number of nitrogens with zero attached hydrogens (tertiary/aromatic N) is 1. The van der Waals surface area contributed by atoms with Gasteiger partial charge in [0.2, 0.25) is 0 Å². The highest BCUT2D eigenvalue weighted by atomic mass is 19.1. The Morgan fingerprint density at radius 3 is 2.58 bits per heavy atom. The standard InChI is InChI=1S/C16H25FN2/c1-3-18-16-7-5-4-6-13(16)12-19(2)15-10-8-14(17)9-11-15/h8-11,13,16,18H,3-7,12H2,1-2H3. The van der Waals surface area contributed by atoms with Crippen LogP contribution in [0.5, 0.6) is 0 Å². The summed E-state index contributed by atoms with van der Waals surface area (Å²) in [7, 11) is 2.10. The molecule has 0 amide bonds. The number of benzene rings is 1. The van der Waals surface area contributed by atoms with Crippen molar-refractivity contribution in [2.75, 3.05) is 25.0 Å². The first-order valence-corrected chi connectivity index (χ1v) is 7.40. The lowest BCUT2D eigenvalue weighted by Gasteiger charge is -2.35. The molecule has 0 heterocycles. The molecular weight excluding hydrogens is 239 g/mol. The third-order valence-corrected chi connectivity index (χ3v) is 4.15. The normalized spacial score (nSPS) is 23.3. The summed E-state index contributed by atoms with van der Waals surface area (Å²) in [6.07, 6.45) is 5.26. The highest BCUT2D eigenvalue weighted by Crippen LogP contribution is 2.26. The fraction of sp³-hybridized carbons (Fsp3) is 0.625. The molecule has 3 heteroatoms. The van der Waals surface area contributed by atoms with Gasteiger partial charge < -0.3 is 10.2 Å². The molecule has 1 saturated carbocycles. The minimum atomic E-state index is -0.166. The Labute approximate surface area is 116 Å². The zero-order valence-corrected chi connectivity index (χ0v) is 12.0. The fourth-order valence-corrected chi connectivity index (χ4v) is 3.11. The number of halogens is 1. The molecule has 0 radical (unpaired) electrons. The van der Waals surface area contributed by atoms with Gasteiger partial charge in [0.25, 0.3) is 0 Å². The lowest BCUT2D eigenvalue weighted by Crippen LogP contribution is -2.43. The third-order valence-electron chi connectivity index (χ3n) is 4.15. The molecule has 1 N–H and O–H groups in total. The Balaban J connectivity index is 1.96. The van der Waals surface area contributed by atoms with Gasteiger partial charge in [0.1, 0.15) is 5.82 Å². The molecule has 2 unspecified atom stereocenters. The third kappa shape index (κ3) is 3.93. The van der Waals surface area contributed by atoms with Crippen LogP contribution in [0.4, 0.5) is 10.1 Å². The highest BCUT2D eigenvalue weighted by Gasteiger charge is 2.25. The molecule has 2 atom stereocenters. The molecule has 1 aromatic rings. The molecule has 1 fully saturated rings. The lowest BCUT2D eigenvalue weighted by atomic mass is 9.84. The lowest BCUT2D eigenvalue weighted by molar-refractivity contribution is 0.269. The van der Waals surface area contributed by atoms with E-state index in [4.69, 9.17) is 0 Å². The van der Waals surface area contributed by atoms with Crippen molar-refractivity contribution in [3.63, 3.8) is 0 Å². The maximum Gasteiger partial charge on any atom is 0.123 e. The van der Waals surface area contributed by atoms with E-state index in [0.717, 1.165) is 18.8 Å². The van der Waals surface area contributed by atoms with Crippen molar-refractivity contribution in [1.82, 2.24) is 5.32 Å².